The zero-order valence-corrected chi connectivity index (χ0v) is 19.2. The molecular formula is C28H27N3O3. The van der Waals surface area contributed by atoms with Crippen molar-refractivity contribution in [3.05, 3.63) is 101 Å². The van der Waals surface area contributed by atoms with Gasteiger partial charge in [0, 0.05) is 35.6 Å². The zero-order valence-electron chi connectivity index (χ0n) is 19.2. The van der Waals surface area contributed by atoms with Gasteiger partial charge in [0.25, 0.3) is 0 Å². The van der Waals surface area contributed by atoms with Crippen molar-refractivity contribution in [3.63, 3.8) is 0 Å². The molecule has 0 aliphatic heterocycles. The standard InChI is InChI=1S/C28H27N3O3/c1-18-3-10-25(19(2)13-18)27(32)17-34-24-8-5-20(6-9-24)26(15-29)28(33)31-23-7-4-22-16-30-12-11-21(22)14-23/h3-14,16,26H,15,17,29H2,1-2H3,(H,31,33). The minimum Gasteiger partial charge on any atom is -0.485 e. The topological polar surface area (TPSA) is 94.3 Å². The van der Waals surface area contributed by atoms with Crippen LogP contribution in [0.5, 0.6) is 5.75 Å². The van der Waals surface area contributed by atoms with Crippen molar-refractivity contribution in [2.45, 2.75) is 19.8 Å². The number of fused-ring (bicyclic) bond motifs is 1. The monoisotopic (exact) mass is 453 g/mol. The first-order valence-corrected chi connectivity index (χ1v) is 11.1. The zero-order chi connectivity index (χ0) is 24.1. The Labute approximate surface area is 198 Å². The van der Waals surface area contributed by atoms with Crippen LogP contribution in [0.3, 0.4) is 0 Å². The highest BCUT2D eigenvalue weighted by Crippen LogP contribution is 2.23. The fraction of sp³-hybridized carbons (Fsp3) is 0.179. The molecule has 1 amide bonds. The SMILES string of the molecule is Cc1ccc(C(=O)COc2ccc(C(CN)C(=O)Nc3ccc4cnccc4c3)cc2)c(C)c1. The van der Waals surface area contributed by atoms with Crippen LogP contribution in [-0.2, 0) is 4.79 Å². The molecule has 0 saturated carbocycles. The summed E-state index contributed by atoms with van der Waals surface area (Å²) in [5, 5.41) is 4.95. The second kappa shape index (κ2) is 10.3. The summed E-state index contributed by atoms with van der Waals surface area (Å²) in [6, 6.07) is 20.4. The number of ketones is 1. The van der Waals surface area contributed by atoms with Crippen LogP contribution in [0.25, 0.3) is 10.8 Å². The number of pyridine rings is 1. The van der Waals surface area contributed by atoms with E-state index in [-0.39, 0.29) is 24.8 Å². The second-order valence-electron chi connectivity index (χ2n) is 8.31. The summed E-state index contributed by atoms with van der Waals surface area (Å²) in [7, 11) is 0. The van der Waals surface area contributed by atoms with Gasteiger partial charge in [0.1, 0.15) is 5.75 Å². The third-order valence-corrected chi connectivity index (χ3v) is 5.80. The van der Waals surface area contributed by atoms with Gasteiger partial charge < -0.3 is 15.8 Å². The summed E-state index contributed by atoms with van der Waals surface area (Å²) < 4.78 is 5.69. The van der Waals surface area contributed by atoms with Gasteiger partial charge in [-0.25, -0.2) is 0 Å². The van der Waals surface area contributed by atoms with E-state index < -0.39 is 5.92 Å². The summed E-state index contributed by atoms with van der Waals surface area (Å²) in [6.45, 7) is 4.02. The van der Waals surface area contributed by atoms with Crippen molar-refractivity contribution in [1.82, 2.24) is 4.98 Å². The average Bonchev–Trinajstić information content (AvgIpc) is 2.83. The molecule has 0 fully saturated rings. The van der Waals surface area contributed by atoms with E-state index in [9.17, 15) is 9.59 Å². The summed E-state index contributed by atoms with van der Waals surface area (Å²) in [4.78, 5) is 29.5. The number of carbonyl (C=O) groups is 2. The van der Waals surface area contributed by atoms with Gasteiger partial charge in [0.15, 0.2) is 12.4 Å². The molecular weight excluding hydrogens is 426 g/mol. The number of hydrogen-bond acceptors (Lipinski definition) is 5. The molecule has 6 nitrogen and oxygen atoms in total. The Morgan fingerprint density at radius 3 is 2.50 bits per heavy atom. The van der Waals surface area contributed by atoms with Crippen molar-refractivity contribution in [1.29, 1.82) is 0 Å². The van der Waals surface area contributed by atoms with Gasteiger partial charge in [0.2, 0.25) is 5.91 Å². The molecule has 4 rings (SSSR count). The Hall–Kier alpha value is -4.03. The number of amides is 1. The lowest BCUT2D eigenvalue weighted by Gasteiger charge is -2.16. The number of rotatable bonds is 8. The highest BCUT2D eigenvalue weighted by atomic mass is 16.5. The molecule has 1 atom stereocenters. The highest BCUT2D eigenvalue weighted by molar-refractivity contribution is 5.99. The van der Waals surface area contributed by atoms with E-state index in [1.165, 1.54) is 0 Å². The largest absolute Gasteiger partial charge is 0.485 e. The number of nitrogens with one attached hydrogen (secondary N) is 1. The van der Waals surface area contributed by atoms with Gasteiger partial charge in [-0.2, -0.15) is 0 Å². The molecule has 0 spiro atoms. The van der Waals surface area contributed by atoms with E-state index in [1.54, 1.807) is 36.7 Å². The molecule has 3 N–H and O–H groups in total. The van der Waals surface area contributed by atoms with E-state index >= 15 is 0 Å². The highest BCUT2D eigenvalue weighted by Gasteiger charge is 2.19. The van der Waals surface area contributed by atoms with Crippen LogP contribution in [0, 0.1) is 13.8 Å². The lowest BCUT2D eigenvalue weighted by molar-refractivity contribution is -0.117. The van der Waals surface area contributed by atoms with Crippen LogP contribution in [-0.4, -0.2) is 29.8 Å². The summed E-state index contributed by atoms with van der Waals surface area (Å²) in [6.07, 6.45) is 3.50. The maximum absolute atomic E-state index is 12.9. The predicted octanol–water partition coefficient (Wildman–Crippen LogP) is 4.79. The molecule has 172 valence electrons. The van der Waals surface area contributed by atoms with Crippen LogP contribution in [0.1, 0.15) is 33.0 Å². The van der Waals surface area contributed by atoms with Crippen LogP contribution in [0.15, 0.2) is 79.1 Å². The Balaban J connectivity index is 1.39. The van der Waals surface area contributed by atoms with E-state index in [1.807, 2.05) is 56.3 Å². The number of aromatic nitrogens is 1. The number of nitrogens with two attached hydrogens (primary N) is 1. The van der Waals surface area contributed by atoms with Gasteiger partial charge in [-0.15, -0.1) is 0 Å². The molecule has 34 heavy (non-hydrogen) atoms. The van der Waals surface area contributed by atoms with Crippen LogP contribution in [0.4, 0.5) is 5.69 Å². The Morgan fingerprint density at radius 1 is 0.971 bits per heavy atom. The Morgan fingerprint density at radius 2 is 1.76 bits per heavy atom. The number of benzene rings is 3. The maximum Gasteiger partial charge on any atom is 0.233 e. The first kappa shape index (κ1) is 23.1. The third kappa shape index (κ3) is 5.30. The lowest BCUT2D eigenvalue weighted by Crippen LogP contribution is -2.27. The maximum atomic E-state index is 12.9. The molecule has 0 aliphatic rings. The summed E-state index contributed by atoms with van der Waals surface area (Å²) in [5.74, 6) is -0.221. The molecule has 0 saturated heterocycles. The number of aryl methyl sites for hydroxylation is 2. The molecule has 0 radical (unpaired) electrons. The van der Waals surface area contributed by atoms with Crippen molar-refractivity contribution in [3.8, 4) is 5.75 Å². The van der Waals surface area contributed by atoms with Crippen LogP contribution < -0.4 is 15.8 Å². The first-order valence-electron chi connectivity index (χ1n) is 11.1. The minimum atomic E-state index is -0.515. The van der Waals surface area contributed by atoms with E-state index in [2.05, 4.69) is 10.3 Å². The molecule has 1 unspecified atom stereocenters. The van der Waals surface area contributed by atoms with Gasteiger partial charge in [-0.1, -0.05) is 42.0 Å². The van der Waals surface area contributed by atoms with E-state index in [0.29, 0.717) is 17.0 Å². The Kier molecular flexibility index (Phi) is 6.99. The Bertz CT molecular complexity index is 1330. The predicted molar refractivity (Wildman–Crippen MR) is 134 cm³/mol. The van der Waals surface area contributed by atoms with E-state index in [4.69, 9.17) is 10.5 Å². The van der Waals surface area contributed by atoms with Crippen LogP contribution >= 0.6 is 0 Å². The van der Waals surface area contributed by atoms with Crippen molar-refractivity contribution < 1.29 is 14.3 Å². The molecule has 6 heteroatoms. The molecule has 1 aromatic heterocycles. The molecule has 1 heterocycles. The lowest BCUT2D eigenvalue weighted by atomic mass is 9.98. The second-order valence-corrected chi connectivity index (χ2v) is 8.31. The number of hydrogen-bond donors (Lipinski definition) is 2. The van der Waals surface area contributed by atoms with Crippen LogP contribution in [0.2, 0.25) is 0 Å². The fourth-order valence-electron chi connectivity index (χ4n) is 3.93. The molecule has 0 aliphatic carbocycles. The fourth-order valence-corrected chi connectivity index (χ4v) is 3.93. The van der Waals surface area contributed by atoms with Crippen molar-refractivity contribution in [2.75, 3.05) is 18.5 Å². The van der Waals surface area contributed by atoms with Gasteiger partial charge in [-0.3, -0.25) is 14.6 Å². The third-order valence-electron chi connectivity index (χ3n) is 5.80. The quantitative estimate of drug-likeness (QED) is 0.374. The number of ether oxygens (including phenoxy) is 1. The number of carbonyl (C=O) groups excluding carboxylic acids is 2. The average molecular weight is 454 g/mol. The first-order chi connectivity index (χ1) is 16.4. The number of nitrogens with zero attached hydrogens (tertiary/aromatic N) is 1. The van der Waals surface area contributed by atoms with Gasteiger partial charge in [0.05, 0.1) is 5.92 Å². The smallest absolute Gasteiger partial charge is 0.233 e. The van der Waals surface area contributed by atoms with E-state index in [0.717, 1.165) is 27.5 Å². The van der Waals surface area contributed by atoms with Crippen molar-refractivity contribution >= 4 is 28.2 Å². The molecule has 0 bridgehead atoms. The normalized spacial score (nSPS) is 11.7. The van der Waals surface area contributed by atoms with Crippen molar-refractivity contribution in [2.24, 2.45) is 5.73 Å². The molecule has 3 aromatic carbocycles. The number of Topliss-reactive ketones (excluding diaryl/α,β-unsaturated/α-hetero) is 1. The number of anilines is 1. The van der Waals surface area contributed by atoms with Gasteiger partial charge in [-0.05, 0) is 60.7 Å². The van der Waals surface area contributed by atoms with Gasteiger partial charge >= 0.3 is 0 Å². The summed E-state index contributed by atoms with van der Waals surface area (Å²) >= 11 is 0. The molecule has 4 aromatic rings. The summed E-state index contributed by atoms with van der Waals surface area (Å²) in [5.41, 5.74) is 10.1. The minimum absolute atomic E-state index is 0.0540.